The third kappa shape index (κ3) is 7.41. The monoisotopic (exact) mass is 571 g/mol. The van der Waals surface area contributed by atoms with Gasteiger partial charge in [0.2, 0.25) is 5.91 Å². The number of carboxylic acids is 1. The van der Waals surface area contributed by atoms with Crippen molar-refractivity contribution in [3.8, 4) is 11.1 Å². The van der Waals surface area contributed by atoms with Gasteiger partial charge < -0.3 is 20.3 Å². The van der Waals surface area contributed by atoms with Crippen molar-refractivity contribution >= 4 is 17.8 Å². The average Bonchev–Trinajstić information content (AvgIpc) is 2.85. The number of carbonyl (C=O) groups is 3. The lowest BCUT2D eigenvalue weighted by molar-refractivity contribution is -0.137. The zero-order chi connectivity index (χ0) is 30.6. The van der Waals surface area contributed by atoms with E-state index < -0.39 is 64.9 Å². The molecule has 0 fully saturated rings. The minimum atomic E-state index is -1.52. The summed E-state index contributed by atoms with van der Waals surface area (Å²) < 4.78 is 45.1. The van der Waals surface area contributed by atoms with Crippen molar-refractivity contribution in [2.24, 2.45) is 13.0 Å². The topological polar surface area (TPSA) is 118 Å². The maximum absolute atomic E-state index is 15.2. The van der Waals surface area contributed by atoms with Gasteiger partial charge in [-0.05, 0) is 84.8 Å². The molecule has 1 heterocycles. The third-order valence-electron chi connectivity index (χ3n) is 6.61. The van der Waals surface area contributed by atoms with Crippen molar-refractivity contribution < 1.29 is 32.7 Å². The zero-order valence-electron chi connectivity index (χ0n) is 23.3. The summed E-state index contributed by atoms with van der Waals surface area (Å²) in [4.78, 5) is 50.4. The molecule has 1 aromatic heterocycles. The molecule has 0 saturated carbocycles. The Morgan fingerprint density at radius 2 is 1.63 bits per heavy atom. The highest BCUT2D eigenvalue weighted by atomic mass is 19.2. The number of benzene rings is 2. The summed E-state index contributed by atoms with van der Waals surface area (Å²) in [6.45, 7) is 6.77. The molecule has 2 aromatic carbocycles. The van der Waals surface area contributed by atoms with Crippen LogP contribution in [0, 0.1) is 37.2 Å². The number of carbonyl (C=O) groups excluding carboxylic acids is 2. The number of rotatable bonds is 10. The first kappa shape index (κ1) is 31.1. The Labute approximate surface area is 235 Å². The quantitative estimate of drug-likeness (QED) is 0.330. The van der Waals surface area contributed by atoms with Gasteiger partial charge in [0.15, 0.2) is 11.6 Å². The molecule has 0 aliphatic carbocycles. The lowest BCUT2D eigenvalue weighted by atomic mass is 9.91. The first-order chi connectivity index (χ1) is 19.2. The van der Waals surface area contributed by atoms with E-state index in [-0.39, 0.29) is 23.5 Å². The minimum absolute atomic E-state index is 0.107. The summed E-state index contributed by atoms with van der Waals surface area (Å²) in [5, 5.41) is 14.5. The van der Waals surface area contributed by atoms with Crippen LogP contribution in [-0.4, -0.2) is 33.5 Å². The number of aliphatic carboxylic acids is 1. The highest BCUT2D eigenvalue weighted by Gasteiger charge is 2.30. The van der Waals surface area contributed by atoms with Gasteiger partial charge in [-0.1, -0.05) is 13.8 Å². The second-order valence-corrected chi connectivity index (χ2v) is 10.4. The molecular formula is C30H32F3N3O5. The molecule has 0 bridgehead atoms. The number of aryl methyl sites for hydroxylation is 3. The van der Waals surface area contributed by atoms with Gasteiger partial charge in [0.1, 0.15) is 17.4 Å². The molecule has 0 unspecified atom stereocenters. The first-order valence-corrected chi connectivity index (χ1v) is 12.9. The van der Waals surface area contributed by atoms with Gasteiger partial charge in [0.05, 0.1) is 12.5 Å². The van der Waals surface area contributed by atoms with Crippen LogP contribution in [-0.2, 0) is 16.6 Å². The Kier molecular flexibility index (Phi) is 9.75. The fourth-order valence-corrected chi connectivity index (χ4v) is 4.77. The number of hydrogen-bond acceptors (Lipinski definition) is 4. The molecule has 0 aliphatic rings. The maximum atomic E-state index is 15.2. The van der Waals surface area contributed by atoms with E-state index in [1.54, 1.807) is 27.7 Å². The average molecular weight is 572 g/mol. The standard InChI is InChI=1S/C30H32F3N3O5/c1-15(2)9-24(35-28(39)20-7-6-8-36(5)30(20)41)29(40)34-23(14-25(37)38)21-12-18(13-22(32)27(21)33)26-16(3)10-19(31)11-17(26)4/h6-8,10-13,15,23-24H,9,14H2,1-5H3,(H,34,40)(H,35,39)(H,37,38)/t23-,24-/m0/s1. The minimum Gasteiger partial charge on any atom is -0.481 e. The van der Waals surface area contributed by atoms with Gasteiger partial charge in [0.25, 0.3) is 11.5 Å². The van der Waals surface area contributed by atoms with Gasteiger partial charge in [-0.15, -0.1) is 0 Å². The number of nitrogens with zero attached hydrogens (tertiary/aromatic N) is 1. The van der Waals surface area contributed by atoms with E-state index in [9.17, 15) is 33.1 Å². The number of carboxylic acid groups (broad SMARTS) is 1. The Hall–Kier alpha value is -4.41. The van der Waals surface area contributed by atoms with Gasteiger partial charge in [-0.25, -0.2) is 13.2 Å². The molecule has 0 radical (unpaired) electrons. The molecule has 2 amide bonds. The first-order valence-electron chi connectivity index (χ1n) is 12.9. The van der Waals surface area contributed by atoms with Crippen LogP contribution in [0.4, 0.5) is 13.2 Å². The van der Waals surface area contributed by atoms with E-state index in [0.717, 1.165) is 6.07 Å². The van der Waals surface area contributed by atoms with Gasteiger partial charge >= 0.3 is 5.97 Å². The van der Waals surface area contributed by atoms with E-state index in [4.69, 9.17) is 0 Å². The lowest BCUT2D eigenvalue weighted by Gasteiger charge is -2.25. The summed E-state index contributed by atoms with van der Waals surface area (Å²) in [6, 6.07) is 4.67. The van der Waals surface area contributed by atoms with Gasteiger partial charge in [-0.2, -0.15) is 0 Å². The summed E-state index contributed by atoms with van der Waals surface area (Å²) in [5.41, 5.74) is 0.287. The molecule has 2 atom stereocenters. The molecule has 3 rings (SSSR count). The number of pyridine rings is 1. The molecule has 0 saturated heterocycles. The number of hydrogen-bond donors (Lipinski definition) is 3. The smallest absolute Gasteiger partial charge is 0.305 e. The Bertz CT molecular complexity index is 1530. The highest BCUT2D eigenvalue weighted by Crippen LogP contribution is 2.33. The Morgan fingerprint density at radius 3 is 2.22 bits per heavy atom. The molecule has 3 N–H and O–H groups in total. The van der Waals surface area contributed by atoms with Crippen molar-refractivity contribution in [1.29, 1.82) is 0 Å². The Balaban J connectivity index is 2.01. The molecule has 41 heavy (non-hydrogen) atoms. The fourth-order valence-electron chi connectivity index (χ4n) is 4.77. The van der Waals surface area contributed by atoms with E-state index >= 15 is 4.39 Å². The Morgan fingerprint density at radius 1 is 1.00 bits per heavy atom. The SMILES string of the molecule is Cc1cc(F)cc(C)c1-c1cc(F)c(F)c([C@H](CC(=O)O)NC(=O)[C@H](CC(C)C)NC(=O)c2cccn(C)c2=O)c1. The predicted octanol–water partition coefficient (Wildman–Crippen LogP) is 4.56. The van der Waals surface area contributed by atoms with Crippen LogP contribution < -0.4 is 16.2 Å². The number of amides is 2. The van der Waals surface area contributed by atoms with Crippen molar-refractivity contribution in [2.45, 2.75) is 52.6 Å². The molecule has 3 aromatic rings. The van der Waals surface area contributed by atoms with Crippen LogP contribution in [0.25, 0.3) is 11.1 Å². The molecule has 8 nitrogen and oxygen atoms in total. The van der Waals surface area contributed by atoms with Gasteiger partial charge in [0, 0.05) is 18.8 Å². The third-order valence-corrected chi connectivity index (χ3v) is 6.61. The largest absolute Gasteiger partial charge is 0.481 e. The van der Waals surface area contributed by atoms with Crippen molar-refractivity contribution in [1.82, 2.24) is 15.2 Å². The molecule has 0 aliphatic heterocycles. The van der Waals surface area contributed by atoms with E-state index in [1.807, 2.05) is 0 Å². The molecular weight excluding hydrogens is 539 g/mol. The fraction of sp³-hybridized carbons (Fsp3) is 0.333. The van der Waals surface area contributed by atoms with Crippen molar-refractivity contribution in [3.05, 3.63) is 92.7 Å². The van der Waals surface area contributed by atoms with Crippen molar-refractivity contribution in [2.75, 3.05) is 0 Å². The highest BCUT2D eigenvalue weighted by molar-refractivity contribution is 5.97. The summed E-state index contributed by atoms with van der Waals surface area (Å²) in [6.07, 6.45) is 0.772. The van der Waals surface area contributed by atoms with E-state index in [0.29, 0.717) is 16.7 Å². The summed E-state index contributed by atoms with van der Waals surface area (Å²) in [7, 11) is 1.46. The predicted molar refractivity (Wildman–Crippen MR) is 147 cm³/mol. The molecule has 11 heteroatoms. The van der Waals surface area contributed by atoms with Gasteiger partial charge in [-0.3, -0.25) is 19.2 Å². The second-order valence-electron chi connectivity index (χ2n) is 10.4. The normalized spacial score (nSPS) is 12.6. The van der Waals surface area contributed by atoms with Crippen molar-refractivity contribution in [3.63, 3.8) is 0 Å². The van der Waals surface area contributed by atoms with Crippen LogP contribution in [0.5, 0.6) is 0 Å². The van der Waals surface area contributed by atoms with E-state index in [1.165, 1.54) is 48.1 Å². The lowest BCUT2D eigenvalue weighted by Crippen LogP contribution is -2.49. The number of halogens is 3. The summed E-state index contributed by atoms with van der Waals surface area (Å²) >= 11 is 0. The molecule has 218 valence electrons. The maximum Gasteiger partial charge on any atom is 0.305 e. The van der Waals surface area contributed by atoms with Crippen LogP contribution >= 0.6 is 0 Å². The van der Waals surface area contributed by atoms with E-state index in [2.05, 4.69) is 10.6 Å². The van der Waals surface area contributed by atoms with Crippen LogP contribution in [0.2, 0.25) is 0 Å². The number of nitrogens with one attached hydrogen (secondary N) is 2. The van der Waals surface area contributed by atoms with Crippen LogP contribution in [0.1, 0.15) is 59.8 Å². The number of aromatic nitrogens is 1. The van der Waals surface area contributed by atoms with Crippen LogP contribution in [0.3, 0.4) is 0 Å². The molecule has 0 spiro atoms. The van der Waals surface area contributed by atoms with Crippen LogP contribution in [0.15, 0.2) is 47.4 Å². The second kappa shape index (κ2) is 12.8. The summed E-state index contributed by atoms with van der Waals surface area (Å²) in [5.74, 6) is -6.31. The zero-order valence-corrected chi connectivity index (χ0v) is 23.3.